The van der Waals surface area contributed by atoms with Gasteiger partial charge in [-0.05, 0) is 72.2 Å². The summed E-state index contributed by atoms with van der Waals surface area (Å²) in [6, 6.07) is 20.5. The quantitative estimate of drug-likeness (QED) is 0.457. The number of carbonyl (C=O) groups excluding carboxylic acids is 1. The fraction of sp³-hybridized carbons (Fsp3) is 0.276. The first-order valence-electron chi connectivity index (χ1n) is 11.7. The summed E-state index contributed by atoms with van der Waals surface area (Å²) in [7, 11) is 1.43. The molecule has 0 atom stereocenters. The van der Waals surface area contributed by atoms with Crippen LogP contribution in [0.1, 0.15) is 36.0 Å². The van der Waals surface area contributed by atoms with Gasteiger partial charge < -0.3 is 14.7 Å². The van der Waals surface area contributed by atoms with Gasteiger partial charge in [0.2, 0.25) is 5.91 Å². The van der Waals surface area contributed by atoms with Gasteiger partial charge in [0.15, 0.2) is 11.6 Å². The van der Waals surface area contributed by atoms with Crippen molar-refractivity contribution in [1.29, 1.82) is 0 Å². The zero-order valence-electron chi connectivity index (χ0n) is 19.7. The number of hydrogen-bond acceptors (Lipinski definition) is 3. The van der Waals surface area contributed by atoms with Gasteiger partial charge in [-0.15, -0.1) is 0 Å². The number of aryl methyl sites for hydroxylation is 1. The van der Waals surface area contributed by atoms with Gasteiger partial charge in [-0.1, -0.05) is 48.5 Å². The predicted molar refractivity (Wildman–Crippen MR) is 132 cm³/mol. The van der Waals surface area contributed by atoms with Crippen LogP contribution in [0.4, 0.5) is 8.78 Å². The molecule has 0 unspecified atom stereocenters. The molecule has 1 N–H and O–H groups in total. The molecule has 0 radical (unpaired) electrons. The van der Waals surface area contributed by atoms with Crippen LogP contribution in [0.5, 0.6) is 5.75 Å². The number of methoxy groups -OCH3 is 1. The summed E-state index contributed by atoms with van der Waals surface area (Å²) in [6.45, 7) is 0.796. The summed E-state index contributed by atoms with van der Waals surface area (Å²) < 4.78 is 32.4. The van der Waals surface area contributed by atoms with E-state index in [4.69, 9.17) is 4.74 Å². The van der Waals surface area contributed by atoms with E-state index in [0.717, 1.165) is 16.7 Å². The van der Waals surface area contributed by atoms with Crippen LogP contribution in [0.3, 0.4) is 0 Å². The number of likely N-dealkylation sites (tertiary alicyclic amines) is 1. The second-order valence-electron chi connectivity index (χ2n) is 8.87. The molecular formula is C29H29F2NO3. The fourth-order valence-corrected chi connectivity index (χ4v) is 4.48. The van der Waals surface area contributed by atoms with Crippen LogP contribution < -0.4 is 4.74 Å². The number of hydrogen-bond donors (Lipinski definition) is 1. The molecular weight excluding hydrogens is 448 g/mol. The Labute approximate surface area is 204 Å². The van der Waals surface area contributed by atoms with Gasteiger partial charge in [-0.3, -0.25) is 4.79 Å². The highest BCUT2D eigenvalue weighted by atomic mass is 19.1. The molecule has 0 spiro atoms. The third kappa shape index (κ3) is 5.95. The van der Waals surface area contributed by atoms with E-state index in [-0.39, 0.29) is 17.5 Å². The van der Waals surface area contributed by atoms with Crippen molar-refractivity contribution in [2.45, 2.75) is 31.3 Å². The maximum Gasteiger partial charge on any atom is 0.246 e. The normalized spacial score (nSPS) is 15.7. The molecule has 0 bridgehead atoms. The van der Waals surface area contributed by atoms with E-state index in [9.17, 15) is 18.7 Å². The smallest absolute Gasteiger partial charge is 0.246 e. The molecule has 1 fully saturated rings. The van der Waals surface area contributed by atoms with Gasteiger partial charge in [-0.25, -0.2) is 8.78 Å². The summed E-state index contributed by atoms with van der Waals surface area (Å²) in [5.74, 6) is -0.673. The molecule has 4 rings (SSSR count). The topological polar surface area (TPSA) is 49.8 Å². The molecule has 3 aromatic rings. The predicted octanol–water partition coefficient (Wildman–Crippen LogP) is 5.50. The van der Waals surface area contributed by atoms with E-state index in [1.807, 2.05) is 36.4 Å². The molecule has 4 nitrogen and oxygen atoms in total. The largest absolute Gasteiger partial charge is 0.494 e. The Morgan fingerprint density at radius 3 is 2.34 bits per heavy atom. The summed E-state index contributed by atoms with van der Waals surface area (Å²) >= 11 is 0. The van der Waals surface area contributed by atoms with Crippen molar-refractivity contribution < 1.29 is 23.4 Å². The summed E-state index contributed by atoms with van der Waals surface area (Å²) in [6.07, 6.45) is 3.54. The van der Waals surface area contributed by atoms with E-state index >= 15 is 0 Å². The lowest BCUT2D eigenvalue weighted by molar-refractivity contribution is -0.130. The molecule has 0 saturated carbocycles. The highest BCUT2D eigenvalue weighted by Gasteiger charge is 2.35. The fourth-order valence-electron chi connectivity index (χ4n) is 4.48. The number of aliphatic hydroxyl groups is 1. The Balaban J connectivity index is 1.47. The van der Waals surface area contributed by atoms with Crippen molar-refractivity contribution in [3.63, 3.8) is 0 Å². The zero-order valence-corrected chi connectivity index (χ0v) is 19.7. The lowest BCUT2D eigenvalue weighted by Gasteiger charge is -2.38. The van der Waals surface area contributed by atoms with Crippen molar-refractivity contribution in [2.24, 2.45) is 0 Å². The number of amides is 1. The molecule has 6 heteroatoms. The average Bonchev–Trinajstić information content (AvgIpc) is 2.87. The van der Waals surface area contributed by atoms with Crippen molar-refractivity contribution in [2.75, 3.05) is 20.2 Å². The van der Waals surface area contributed by atoms with Gasteiger partial charge >= 0.3 is 0 Å². The first kappa shape index (κ1) is 24.6. The van der Waals surface area contributed by atoms with Crippen LogP contribution >= 0.6 is 0 Å². The van der Waals surface area contributed by atoms with E-state index < -0.39 is 11.4 Å². The Morgan fingerprint density at radius 2 is 1.71 bits per heavy atom. The summed E-state index contributed by atoms with van der Waals surface area (Å²) in [5, 5.41) is 11.0. The van der Waals surface area contributed by atoms with E-state index in [1.165, 1.54) is 25.3 Å². The number of rotatable bonds is 7. The number of piperidine rings is 1. The number of benzene rings is 3. The Morgan fingerprint density at radius 1 is 1.03 bits per heavy atom. The molecule has 182 valence electrons. The molecule has 3 aromatic carbocycles. The highest BCUT2D eigenvalue weighted by molar-refractivity contribution is 5.95. The van der Waals surface area contributed by atoms with E-state index in [2.05, 4.69) is 0 Å². The van der Waals surface area contributed by atoms with Gasteiger partial charge in [0.05, 0.1) is 12.7 Å². The molecule has 0 aliphatic carbocycles. The maximum absolute atomic E-state index is 14.1. The second-order valence-corrected chi connectivity index (χ2v) is 8.87. The second kappa shape index (κ2) is 10.8. The van der Waals surface area contributed by atoms with Gasteiger partial charge in [0, 0.05) is 19.2 Å². The molecule has 1 aliphatic rings. The average molecular weight is 478 g/mol. The number of carbonyl (C=O) groups is 1. The number of allylic oxidation sites excluding steroid dienone is 1. The minimum atomic E-state index is -1.07. The number of halogens is 2. The van der Waals surface area contributed by atoms with E-state index in [1.54, 1.807) is 29.2 Å². The van der Waals surface area contributed by atoms with Crippen molar-refractivity contribution in [3.8, 4) is 5.75 Å². The van der Waals surface area contributed by atoms with E-state index in [0.29, 0.717) is 44.3 Å². The number of ether oxygens (including phenoxy) is 1. The standard InChI is InChI=1S/C29H29F2NO3/c1-35-27-14-8-21(19-26(27)31)7-9-23(22-5-3-2-4-6-22)20-28(33)32-17-15-29(34,16-18-32)24-10-12-25(30)13-11-24/h2-6,8,10-14,19-20,34H,7,9,15-18H2,1H3/b23-20-. The molecule has 1 heterocycles. The van der Waals surface area contributed by atoms with Crippen LogP contribution in [-0.4, -0.2) is 36.1 Å². The zero-order chi connectivity index (χ0) is 24.8. The molecule has 1 saturated heterocycles. The highest BCUT2D eigenvalue weighted by Crippen LogP contribution is 2.33. The van der Waals surface area contributed by atoms with Crippen LogP contribution in [0.2, 0.25) is 0 Å². The monoisotopic (exact) mass is 477 g/mol. The van der Waals surface area contributed by atoms with Crippen LogP contribution in [0, 0.1) is 11.6 Å². The SMILES string of the molecule is COc1ccc(CC/C(=C/C(=O)N2CCC(O)(c3ccc(F)cc3)CC2)c2ccccc2)cc1F. The van der Waals surface area contributed by atoms with Crippen molar-refractivity contribution in [3.05, 3.63) is 107 Å². The maximum atomic E-state index is 14.1. The van der Waals surface area contributed by atoms with Crippen molar-refractivity contribution in [1.82, 2.24) is 4.90 Å². The lowest BCUT2D eigenvalue weighted by Crippen LogP contribution is -2.44. The van der Waals surface area contributed by atoms with Gasteiger partial charge in [0.25, 0.3) is 0 Å². The molecule has 0 aromatic heterocycles. The first-order chi connectivity index (χ1) is 16.9. The lowest BCUT2D eigenvalue weighted by atomic mass is 9.84. The first-order valence-corrected chi connectivity index (χ1v) is 11.7. The molecule has 1 aliphatic heterocycles. The van der Waals surface area contributed by atoms with Crippen LogP contribution in [-0.2, 0) is 16.8 Å². The Hall–Kier alpha value is -3.51. The van der Waals surface area contributed by atoms with Crippen LogP contribution in [0.25, 0.3) is 5.57 Å². The third-order valence-corrected chi connectivity index (χ3v) is 6.63. The van der Waals surface area contributed by atoms with Gasteiger partial charge in [-0.2, -0.15) is 0 Å². The number of nitrogens with zero attached hydrogens (tertiary/aromatic N) is 1. The summed E-state index contributed by atoms with van der Waals surface area (Å²) in [5.41, 5.74) is 2.22. The molecule has 1 amide bonds. The van der Waals surface area contributed by atoms with Gasteiger partial charge in [0.1, 0.15) is 5.82 Å². The third-order valence-electron chi connectivity index (χ3n) is 6.63. The van der Waals surface area contributed by atoms with Crippen molar-refractivity contribution >= 4 is 11.5 Å². The minimum absolute atomic E-state index is 0.120. The molecule has 35 heavy (non-hydrogen) atoms. The Bertz CT molecular complexity index is 1180. The Kier molecular flexibility index (Phi) is 7.61. The van der Waals surface area contributed by atoms with Crippen LogP contribution in [0.15, 0.2) is 78.9 Å². The minimum Gasteiger partial charge on any atom is -0.494 e. The summed E-state index contributed by atoms with van der Waals surface area (Å²) in [4.78, 5) is 14.9.